The fraction of sp³-hybridized carbons (Fsp3) is 0.246. The monoisotopic (exact) mass is 905 g/mol. The number of hydrogen-bond acceptors (Lipinski definition) is 1. The third-order valence-corrected chi connectivity index (χ3v) is 18.0. The minimum atomic E-state index is -0.408. The summed E-state index contributed by atoms with van der Waals surface area (Å²) in [6.07, 6.45) is 29.2. The fourth-order valence-corrected chi connectivity index (χ4v) is 15.2. The Hall–Kier alpha value is -6.96. The molecule has 13 rings (SSSR count). The molecule has 0 radical (unpaired) electrons. The lowest BCUT2D eigenvalue weighted by atomic mass is 9.46. The van der Waals surface area contributed by atoms with Crippen LogP contribution in [0.1, 0.15) is 98.9 Å². The van der Waals surface area contributed by atoms with Gasteiger partial charge in [0.1, 0.15) is 0 Å². The van der Waals surface area contributed by atoms with Crippen molar-refractivity contribution in [2.24, 2.45) is 29.6 Å². The number of allylic oxidation sites excluding steroid dienone is 16. The van der Waals surface area contributed by atoms with Crippen molar-refractivity contribution in [1.29, 1.82) is 0 Å². The maximum Gasteiger partial charge on any atom is 0.0679 e. The fourth-order valence-electron chi connectivity index (χ4n) is 15.2. The largest absolute Gasteiger partial charge is 0.310 e. The summed E-state index contributed by atoms with van der Waals surface area (Å²) in [5.74, 6) is 1.67. The Morgan fingerprint density at radius 2 is 1.24 bits per heavy atom. The minimum Gasteiger partial charge on any atom is -0.310 e. The van der Waals surface area contributed by atoms with Crippen LogP contribution in [0.2, 0.25) is 0 Å². The van der Waals surface area contributed by atoms with Crippen LogP contribution < -0.4 is 4.90 Å². The van der Waals surface area contributed by atoms with E-state index in [-0.39, 0.29) is 28.1 Å². The quantitative estimate of drug-likeness (QED) is 0.154. The number of hydrogen-bond donors (Lipinski definition) is 0. The second-order valence-corrected chi connectivity index (χ2v) is 22.4. The van der Waals surface area contributed by atoms with E-state index in [4.69, 9.17) is 0 Å². The number of rotatable bonds is 7. The molecular weight excluding hydrogens is 843 g/mol. The zero-order valence-electron chi connectivity index (χ0n) is 41.5. The van der Waals surface area contributed by atoms with E-state index in [2.05, 4.69) is 265 Å². The molecule has 1 heteroatoms. The Morgan fingerprint density at radius 3 is 1.99 bits per heavy atom. The molecule has 0 saturated heterocycles. The molecule has 0 spiro atoms. The first-order valence-corrected chi connectivity index (χ1v) is 26.0. The van der Waals surface area contributed by atoms with Gasteiger partial charge in [-0.05, 0) is 151 Å². The van der Waals surface area contributed by atoms with Crippen molar-refractivity contribution >= 4 is 28.2 Å². The lowest BCUT2D eigenvalue weighted by Gasteiger charge is -2.55. The van der Waals surface area contributed by atoms with E-state index in [0.717, 1.165) is 24.2 Å². The van der Waals surface area contributed by atoms with Gasteiger partial charge in [-0.25, -0.2) is 0 Å². The molecule has 0 bridgehead atoms. The van der Waals surface area contributed by atoms with Gasteiger partial charge in [0.25, 0.3) is 0 Å². The van der Waals surface area contributed by atoms with Gasteiger partial charge in [0.05, 0.1) is 5.41 Å². The smallest absolute Gasteiger partial charge is 0.0679 e. The number of benzene rings is 6. The molecular formula is C69H63N. The van der Waals surface area contributed by atoms with Crippen LogP contribution in [-0.2, 0) is 21.7 Å². The van der Waals surface area contributed by atoms with Crippen molar-refractivity contribution in [3.63, 3.8) is 0 Å². The maximum absolute atomic E-state index is 2.65. The lowest BCUT2D eigenvalue weighted by molar-refractivity contribution is 0.325. The first kappa shape index (κ1) is 43.1. The SMILES string of the molecule is CC1C=CC=C(C23C4=C(CC(C)C=C4c4ccccc42)C(c2cccc(C4=CC5C(C)(C)c6cc(N(c7ccccc7)c7ccccc7)ccc6C5(C)C=C4)c2)(C2C=CC=C[C@H]2C)c2ccccc23)C1. The first-order valence-electron chi connectivity index (χ1n) is 26.0. The molecule has 0 heterocycles. The Labute approximate surface area is 416 Å². The van der Waals surface area contributed by atoms with Crippen LogP contribution in [-0.4, -0.2) is 0 Å². The highest BCUT2D eigenvalue weighted by Crippen LogP contribution is 2.70. The Bertz CT molecular complexity index is 3340. The van der Waals surface area contributed by atoms with Crippen LogP contribution in [0.15, 0.2) is 235 Å². The minimum absolute atomic E-state index is 0.125. The summed E-state index contributed by atoms with van der Waals surface area (Å²) < 4.78 is 0. The van der Waals surface area contributed by atoms with Crippen LogP contribution in [0.3, 0.4) is 0 Å². The number of fused-ring (bicyclic) bond motifs is 8. The molecule has 0 saturated carbocycles. The van der Waals surface area contributed by atoms with Crippen molar-refractivity contribution in [2.45, 2.75) is 76.0 Å². The molecule has 7 aliphatic carbocycles. The predicted molar refractivity (Wildman–Crippen MR) is 294 cm³/mol. The van der Waals surface area contributed by atoms with Crippen LogP contribution in [0.4, 0.5) is 17.1 Å². The van der Waals surface area contributed by atoms with Crippen molar-refractivity contribution in [3.8, 4) is 0 Å². The van der Waals surface area contributed by atoms with Crippen molar-refractivity contribution in [3.05, 3.63) is 280 Å². The molecule has 0 N–H and O–H groups in total. The molecule has 0 amide bonds. The van der Waals surface area contributed by atoms with Crippen molar-refractivity contribution in [2.75, 3.05) is 4.90 Å². The summed E-state index contributed by atoms with van der Waals surface area (Å²) in [5.41, 5.74) is 21.3. The zero-order valence-corrected chi connectivity index (χ0v) is 41.5. The molecule has 0 aliphatic heterocycles. The van der Waals surface area contributed by atoms with Gasteiger partial charge in [0, 0.05) is 33.8 Å². The standard InChI is InChI=1S/C69H63N/c1-45-21-19-24-50(39-45)69-58-32-16-14-30-55(58)56-40-46(2)41-63(65(56)69)68(57-31-15-13-22-47(57)3,60-33-17-18-34-61(60)69)51-25-20-23-48(42-51)49-37-38-67(6)59-36-35-54(44-62(59)66(4,5)64(67)43-49)70(52-26-9-7-10-27-52)53-28-11-8-12-29-53/h7-38,40,42-47,57,64H,39,41H2,1-6H3/t45?,46?,47-,57?,64?,67?,68?,69?/m1/s1. The summed E-state index contributed by atoms with van der Waals surface area (Å²) in [6.45, 7) is 14.8. The molecule has 7 aliphatic rings. The maximum atomic E-state index is 2.65. The second-order valence-electron chi connectivity index (χ2n) is 22.4. The third kappa shape index (κ3) is 5.90. The van der Waals surface area contributed by atoms with E-state index >= 15 is 0 Å². The van der Waals surface area contributed by atoms with Gasteiger partial charge < -0.3 is 4.90 Å². The predicted octanol–water partition coefficient (Wildman–Crippen LogP) is 17.2. The molecule has 7 unspecified atom stereocenters. The number of nitrogens with zero attached hydrogens (tertiary/aromatic N) is 1. The van der Waals surface area contributed by atoms with Gasteiger partial charge >= 0.3 is 0 Å². The van der Waals surface area contributed by atoms with Gasteiger partial charge in [-0.2, -0.15) is 0 Å². The highest BCUT2D eigenvalue weighted by molar-refractivity contribution is 5.98. The number of para-hydroxylation sites is 2. The molecule has 6 aromatic rings. The van der Waals surface area contributed by atoms with Crippen molar-refractivity contribution < 1.29 is 0 Å². The van der Waals surface area contributed by atoms with E-state index in [1.165, 1.54) is 66.9 Å². The molecule has 1 nitrogen and oxygen atoms in total. The normalized spacial score (nSPS) is 29.3. The molecule has 6 aromatic carbocycles. The Balaban J connectivity index is 0.991. The highest BCUT2D eigenvalue weighted by Gasteiger charge is 2.62. The van der Waals surface area contributed by atoms with E-state index < -0.39 is 5.41 Å². The summed E-state index contributed by atoms with van der Waals surface area (Å²) in [4.78, 5) is 2.40. The molecule has 70 heavy (non-hydrogen) atoms. The van der Waals surface area contributed by atoms with Gasteiger partial charge in [0.2, 0.25) is 0 Å². The summed E-state index contributed by atoms with van der Waals surface area (Å²) in [7, 11) is 0. The van der Waals surface area contributed by atoms with E-state index in [1.54, 1.807) is 11.1 Å². The van der Waals surface area contributed by atoms with E-state index in [1.807, 2.05) is 0 Å². The third-order valence-electron chi connectivity index (χ3n) is 18.0. The molecule has 8 atom stereocenters. The van der Waals surface area contributed by atoms with E-state index in [0.29, 0.717) is 17.8 Å². The van der Waals surface area contributed by atoms with Crippen LogP contribution in [0.25, 0.3) is 11.1 Å². The lowest BCUT2D eigenvalue weighted by Crippen LogP contribution is -2.50. The topological polar surface area (TPSA) is 3.24 Å². The van der Waals surface area contributed by atoms with Gasteiger partial charge in [-0.3, -0.25) is 0 Å². The number of anilines is 3. The second kappa shape index (κ2) is 15.8. The Kier molecular flexibility index (Phi) is 9.71. The molecule has 344 valence electrons. The Morgan fingerprint density at radius 1 is 0.543 bits per heavy atom. The van der Waals surface area contributed by atoms with Crippen LogP contribution in [0, 0.1) is 29.6 Å². The zero-order chi connectivity index (χ0) is 47.6. The first-order chi connectivity index (χ1) is 34.1. The molecule has 0 fully saturated rings. The van der Waals surface area contributed by atoms with Crippen LogP contribution >= 0.6 is 0 Å². The average molecular weight is 906 g/mol. The summed E-state index contributed by atoms with van der Waals surface area (Å²) in [5, 5.41) is 0. The highest BCUT2D eigenvalue weighted by atomic mass is 15.1. The average Bonchev–Trinajstić information content (AvgIpc) is 3.78. The van der Waals surface area contributed by atoms with Crippen LogP contribution in [0.5, 0.6) is 0 Å². The summed E-state index contributed by atoms with van der Waals surface area (Å²) in [6, 6.07) is 57.9. The van der Waals surface area contributed by atoms with Gasteiger partial charge in [0.15, 0.2) is 0 Å². The summed E-state index contributed by atoms with van der Waals surface area (Å²) >= 11 is 0. The van der Waals surface area contributed by atoms with Gasteiger partial charge in [-0.1, -0.05) is 223 Å². The molecule has 0 aromatic heterocycles. The van der Waals surface area contributed by atoms with Gasteiger partial charge in [-0.15, -0.1) is 0 Å². The van der Waals surface area contributed by atoms with E-state index in [9.17, 15) is 0 Å². The van der Waals surface area contributed by atoms with Crippen molar-refractivity contribution in [1.82, 2.24) is 0 Å².